The normalized spacial score (nSPS) is 27.4. The van der Waals surface area contributed by atoms with E-state index in [0.717, 1.165) is 48.3 Å². The topological polar surface area (TPSA) is 27.7 Å². The van der Waals surface area contributed by atoms with Crippen molar-refractivity contribution in [2.24, 2.45) is 11.8 Å². The molecule has 2 aliphatic rings. The summed E-state index contributed by atoms with van der Waals surface area (Å²) in [5.74, 6) is 2.44. The zero-order valence-electron chi connectivity index (χ0n) is 19.2. The highest BCUT2D eigenvalue weighted by molar-refractivity contribution is 5.49. The van der Waals surface area contributed by atoms with E-state index in [1.54, 1.807) is 12.1 Å². The summed E-state index contributed by atoms with van der Waals surface area (Å²) in [6, 6.07) is 12.5. The number of rotatable bonds is 7. The van der Waals surface area contributed by atoms with Gasteiger partial charge in [0.15, 0.2) is 0 Å². The molecule has 2 heterocycles. The summed E-state index contributed by atoms with van der Waals surface area (Å²) >= 11 is 0. The van der Waals surface area contributed by atoms with Gasteiger partial charge in [-0.15, -0.1) is 0 Å². The van der Waals surface area contributed by atoms with Crippen LogP contribution in [0.2, 0.25) is 0 Å². The zero-order valence-corrected chi connectivity index (χ0v) is 19.2. The van der Waals surface area contributed by atoms with Crippen LogP contribution in [0.3, 0.4) is 0 Å². The van der Waals surface area contributed by atoms with Crippen LogP contribution in [0.4, 0.5) is 4.39 Å². The van der Waals surface area contributed by atoms with E-state index >= 15 is 0 Å². The second-order valence-electron chi connectivity index (χ2n) is 9.84. The van der Waals surface area contributed by atoms with Crippen LogP contribution in [0, 0.1) is 17.7 Å². The van der Waals surface area contributed by atoms with Crippen LogP contribution in [-0.2, 0) is 11.3 Å². The average molecular weight is 427 g/mol. The van der Waals surface area contributed by atoms with Gasteiger partial charge in [-0.05, 0) is 75.3 Å². The van der Waals surface area contributed by atoms with Crippen molar-refractivity contribution in [2.45, 2.75) is 84.2 Å². The van der Waals surface area contributed by atoms with Crippen molar-refractivity contribution in [1.29, 1.82) is 0 Å². The number of hydrogen-bond donors (Lipinski definition) is 0. The molecule has 2 aromatic rings. The molecule has 0 N–H and O–H groups in total. The molecular formula is C27H35FO3. The summed E-state index contributed by atoms with van der Waals surface area (Å²) in [5, 5.41) is 0. The lowest BCUT2D eigenvalue weighted by atomic mass is 9.72. The summed E-state index contributed by atoms with van der Waals surface area (Å²) in [6.45, 7) is 9.36. The molecule has 0 unspecified atom stereocenters. The first-order valence-corrected chi connectivity index (χ1v) is 11.7. The van der Waals surface area contributed by atoms with Gasteiger partial charge >= 0.3 is 0 Å². The molecule has 0 saturated carbocycles. The lowest BCUT2D eigenvalue weighted by Crippen LogP contribution is -2.50. The molecule has 0 bridgehead atoms. The number of hydrogen-bond acceptors (Lipinski definition) is 3. The third-order valence-corrected chi connectivity index (χ3v) is 6.83. The molecule has 3 nitrogen and oxygen atoms in total. The molecule has 0 radical (unpaired) electrons. The van der Waals surface area contributed by atoms with E-state index in [0.29, 0.717) is 18.4 Å². The summed E-state index contributed by atoms with van der Waals surface area (Å²) in [6.07, 6.45) is 5.74. The second-order valence-corrected chi connectivity index (χ2v) is 9.84. The number of ether oxygens (including phenoxy) is 3. The molecule has 1 fully saturated rings. The molecule has 168 valence electrons. The number of fused-ring (bicyclic) bond motifs is 3. The third-order valence-electron chi connectivity index (χ3n) is 6.83. The van der Waals surface area contributed by atoms with Crippen LogP contribution in [0.5, 0.6) is 11.5 Å². The minimum Gasteiger partial charge on any atom is -0.488 e. The van der Waals surface area contributed by atoms with E-state index in [4.69, 9.17) is 14.2 Å². The van der Waals surface area contributed by atoms with E-state index in [-0.39, 0.29) is 23.6 Å². The van der Waals surface area contributed by atoms with Crippen molar-refractivity contribution in [3.63, 3.8) is 0 Å². The fourth-order valence-corrected chi connectivity index (χ4v) is 5.06. The second kappa shape index (κ2) is 9.20. The molecule has 31 heavy (non-hydrogen) atoms. The molecule has 4 heteroatoms. The lowest BCUT2D eigenvalue weighted by molar-refractivity contribution is -0.153. The van der Waals surface area contributed by atoms with Crippen molar-refractivity contribution in [3.05, 3.63) is 59.4 Å². The minimum atomic E-state index is -0.238. The Balaban J connectivity index is 1.60. The van der Waals surface area contributed by atoms with Gasteiger partial charge in [-0.2, -0.15) is 0 Å². The van der Waals surface area contributed by atoms with Crippen LogP contribution in [0.25, 0.3) is 0 Å². The van der Waals surface area contributed by atoms with Crippen LogP contribution >= 0.6 is 0 Å². The van der Waals surface area contributed by atoms with Crippen molar-refractivity contribution in [2.75, 3.05) is 0 Å². The third kappa shape index (κ3) is 4.90. The van der Waals surface area contributed by atoms with Gasteiger partial charge in [0.25, 0.3) is 0 Å². The molecular weight excluding hydrogens is 391 g/mol. The number of benzene rings is 2. The lowest BCUT2D eigenvalue weighted by Gasteiger charge is -2.50. The predicted molar refractivity (Wildman–Crippen MR) is 121 cm³/mol. The first kappa shape index (κ1) is 22.1. The Morgan fingerprint density at radius 1 is 1.13 bits per heavy atom. The highest BCUT2D eigenvalue weighted by Crippen LogP contribution is 2.54. The average Bonchev–Trinajstić information content (AvgIpc) is 2.72. The van der Waals surface area contributed by atoms with Gasteiger partial charge in [0, 0.05) is 5.92 Å². The first-order valence-electron chi connectivity index (χ1n) is 11.7. The molecule has 2 aliphatic heterocycles. The molecule has 0 aliphatic carbocycles. The van der Waals surface area contributed by atoms with Crippen molar-refractivity contribution in [3.8, 4) is 11.5 Å². The maximum absolute atomic E-state index is 13.2. The molecule has 0 spiro atoms. The minimum absolute atomic E-state index is 0.0269. The Morgan fingerprint density at radius 2 is 1.90 bits per heavy atom. The van der Waals surface area contributed by atoms with E-state index < -0.39 is 0 Å². The Bertz CT molecular complexity index is 879. The summed E-state index contributed by atoms with van der Waals surface area (Å²) in [4.78, 5) is 0. The zero-order chi connectivity index (χ0) is 22.0. The maximum atomic E-state index is 13.2. The maximum Gasteiger partial charge on any atom is 0.129 e. The molecule has 2 aromatic carbocycles. The van der Waals surface area contributed by atoms with Crippen LogP contribution in [-0.4, -0.2) is 11.7 Å². The summed E-state index contributed by atoms with van der Waals surface area (Å²) in [7, 11) is 0. The van der Waals surface area contributed by atoms with Crippen LogP contribution in [0.15, 0.2) is 42.5 Å². The van der Waals surface area contributed by atoms with Gasteiger partial charge in [-0.1, -0.05) is 38.5 Å². The monoisotopic (exact) mass is 426 g/mol. The first-order chi connectivity index (χ1) is 14.9. The van der Waals surface area contributed by atoms with Crippen molar-refractivity contribution < 1.29 is 18.6 Å². The van der Waals surface area contributed by atoms with E-state index in [9.17, 15) is 4.39 Å². The van der Waals surface area contributed by atoms with Gasteiger partial charge in [0.1, 0.15) is 29.5 Å². The van der Waals surface area contributed by atoms with Crippen LogP contribution < -0.4 is 9.47 Å². The van der Waals surface area contributed by atoms with Gasteiger partial charge in [-0.3, -0.25) is 0 Å². The number of halogens is 1. The summed E-state index contributed by atoms with van der Waals surface area (Å²) < 4.78 is 32.7. The molecule has 4 atom stereocenters. The summed E-state index contributed by atoms with van der Waals surface area (Å²) in [5.41, 5.74) is 1.73. The molecule has 1 saturated heterocycles. The highest BCUT2D eigenvalue weighted by atomic mass is 19.1. The van der Waals surface area contributed by atoms with Gasteiger partial charge in [0.2, 0.25) is 0 Å². The molecule has 0 aromatic heterocycles. The van der Waals surface area contributed by atoms with Gasteiger partial charge < -0.3 is 14.2 Å². The van der Waals surface area contributed by atoms with Crippen LogP contribution in [0.1, 0.15) is 77.0 Å². The fourth-order valence-electron chi connectivity index (χ4n) is 5.06. The smallest absolute Gasteiger partial charge is 0.129 e. The SMILES string of the molecule is CC(C)CCC[C@]1(C)Oc2cccc(OCc3ccc(F)cc3)c2[C@@H]2O[C@H](C)CC[C@H]21. The van der Waals surface area contributed by atoms with E-state index in [1.165, 1.54) is 18.6 Å². The van der Waals surface area contributed by atoms with Crippen molar-refractivity contribution in [1.82, 2.24) is 0 Å². The quantitative estimate of drug-likeness (QED) is 0.467. The van der Waals surface area contributed by atoms with E-state index in [1.807, 2.05) is 18.2 Å². The molecule has 4 rings (SSSR count). The fraction of sp³-hybridized carbons (Fsp3) is 0.556. The standard InChI is InChI=1S/C27H35FO3/c1-18(2)7-6-16-27(4)22-15-10-19(3)30-26(22)25-23(8-5-9-24(25)31-27)29-17-20-11-13-21(28)14-12-20/h5,8-9,11-14,18-19,22,26H,6-7,10,15-17H2,1-4H3/t19-,22-,26-,27+/m1/s1. The van der Waals surface area contributed by atoms with Gasteiger partial charge in [-0.25, -0.2) is 4.39 Å². The predicted octanol–water partition coefficient (Wildman–Crippen LogP) is 7.24. The Labute approximate surface area is 185 Å². The Morgan fingerprint density at radius 3 is 2.65 bits per heavy atom. The van der Waals surface area contributed by atoms with Gasteiger partial charge in [0.05, 0.1) is 17.8 Å². The largest absolute Gasteiger partial charge is 0.488 e. The Hall–Kier alpha value is -2.07. The Kier molecular flexibility index (Phi) is 6.57. The van der Waals surface area contributed by atoms with E-state index in [2.05, 4.69) is 27.7 Å². The van der Waals surface area contributed by atoms with Crippen molar-refractivity contribution >= 4 is 0 Å². The highest BCUT2D eigenvalue weighted by Gasteiger charge is 2.50. The molecule has 0 amide bonds.